The van der Waals surface area contributed by atoms with Gasteiger partial charge >= 0.3 is 0 Å². The Kier molecular flexibility index (Phi) is 5.52. The van der Waals surface area contributed by atoms with Crippen LogP contribution in [0.25, 0.3) is 0 Å². The molecule has 0 radical (unpaired) electrons. The molecule has 2 N–H and O–H groups in total. The van der Waals surface area contributed by atoms with Crippen LogP contribution >= 0.6 is 0 Å². The lowest BCUT2D eigenvalue weighted by Gasteiger charge is -2.11. The summed E-state index contributed by atoms with van der Waals surface area (Å²) in [5.74, 6) is 2.26. The molecule has 0 atom stereocenters. The third-order valence-corrected chi connectivity index (χ3v) is 3.78. The molecule has 1 aromatic carbocycles. The van der Waals surface area contributed by atoms with E-state index in [1.165, 1.54) is 0 Å². The molecule has 0 bridgehead atoms. The standard InChI is InChI=1S/C18H23N5O3/c1-12-20-14(18(24)19-7-4-8-23(2)3)10-17(21-12)22-13-5-6-15-16(9-13)26-11-25-15/h5-6,9-10H,4,7-8,11H2,1-3H3,(H,19,24)(H,20,21,22). The number of nitrogens with one attached hydrogen (secondary N) is 2. The lowest BCUT2D eigenvalue weighted by Crippen LogP contribution is -2.28. The number of hydrogen-bond donors (Lipinski definition) is 2. The summed E-state index contributed by atoms with van der Waals surface area (Å²) in [5, 5.41) is 6.06. The summed E-state index contributed by atoms with van der Waals surface area (Å²) >= 11 is 0. The van der Waals surface area contributed by atoms with Crippen molar-refractivity contribution >= 4 is 17.4 Å². The molecular formula is C18H23N5O3. The molecular weight excluding hydrogens is 334 g/mol. The van der Waals surface area contributed by atoms with Crippen molar-refractivity contribution in [3.8, 4) is 11.5 Å². The quantitative estimate of drug-likeness (QED) is 0.732. The number of hydrogen-bond acceptors (Lipinski definition) is 7. The Morgan fingerprint density at radius 3 is 2.81 bits per heavy atom. The number of nitrogens with zero attached hydrogens (tertiary/aromatic N) is 3. The fourth-order valence-corrected chi connectivity index (χ4v) is 2.56. The minimum absolute atomic E-state index is 0.206. The number of fused-ring (bicyclic) bond motifs is 1. The van der Waals surface area contributed by atoms with Crippen molar-refractivity contribution in [1.29, 1.82) is 0 Å². The molecule has 0 saturated heterocycles. The van der Waals surface area contributed by atoms with Gasteiger partial charge < -0.3 is 25.0 Å². The monoisotopic (exact) mass is 357 g/mol. The van der Waals surface area contributed by atoms with E-state index >= 15 is 0 Å². The maximum Gasteiger partial charge on any atom is 0.270 e. The maximum absolute atomic E-state index is 12.3. The smallest absolute Gasteiger partial charge is 0.270 e. The van der Waals surface area contributed by atoms with Crippen LogP contribution in [0, 0.1) is 6.92 Å². The Morgan fingerprint density at radius 2 is 2.00 bits per heavy atom. The lowest BCUT2D eigenvalue weighted by molar-refractivity contribution is 0.0947. The first-order chi connectivity index (χ1) is 12.5. The van der Waals surface area contributed by atoms with Crippen molar-refractivity contribution in [2.75, 3.05) is 39.3 Å². The van der Waals surface area contributed by atoms with Crippen molar-refractivity contribution in [1.82, 2.24) is 20.2 Å². The highest BCUT2D eigenvalue weighted by Gasteiger charge is 2.14. The summed E-state index contributed by atoms with van der Waals surface area (Å²) in [6.45, 7) is 3.50. The van der Waals surface area contributed by atoms with E-state index in [0.717, 1.165) is 18.7 Å². The van der Waals surface area contributed by atoms with E-state index in [-0.39, 0.29) is 12.7 Å². The zero-order valence-electron chi connectivity index (χ0n) is 15.2. The molecule has 1 amide bonds. The molecule has 2 heterocycles. The van der Waals surface area contributed by atoms with Gasteiger partial charge in [0, 0.05) is 24.4 Å². The molecule has 2 aromatic rings. The van der Waals surface area contributed by atoms with Gasteiger partial charge in [-0.1, -0.05) is 0 Å². The number of amides is 1. The molecule has 8 heteroatoms. The van der Waals surface area contributed by atoms with E-state index in [4.69, 9.17) is 9.47 Å². The van der Waals surface area contributed by atoms with Gasteiger partial charge in [0.1, 0.15) is 17.3 Å². The normalized spacial score (nSPS) is 12.3. The number of aromatic nitrogens is 2. The van der Waals surface area contributed by atoms with Crippen LogP contribution in [0.2, 0.25) is 0 Å². The van der Waals surface area contributed by atoms with Gasteiger partial charge in [-0.05, 0) is 46.1 Å². The summed E-state index contributed by atoms with van der Waals surface area (Å²) < 4.78 is 10.7. The van der Waals surface area contributed by atoms with E-state index in [9.17, 15) is 4.79 Å². The molecule has 3 rings (SSSR count). The highest BCUT2D eigenvalue weighted by Crippen LogP contribution is 2.34. The van der Waals surface area contributed by atoms with Gasteiger partial charge in [-0.15, -0.1) is 0 Å². The Morgan fingerprint density at radius 1 is 1.19 bits per heavy atom. The van der Waals surface area contributed by atoms with E-state index in [1.54, 1.807) is 13.0 Å². The minimum atomic E-state index is -0.206. The van der Waals surface area contributed by atoms with Crippen LogP contribution in [-0.2, 0) is 0 Å². The average Bonchev–Trinajstić information content (AvgIpc) is 3.05. The zero-order chi connectivity index (χ0) is 18.5. The third kappa shape index (κ3) is 4.60. The Labute approximate surface area is 152 Å². The van der Waals surface area contributed by atoms with Crippen LogP contribution in [0.3, 0.4) is 0 Å². The van der Waals surface area contributed by atoms with Crippen molar-refractivity contribution in [2.45, 2.75) is 13.3 Å². The number of aryl methyl sites for hydroxylation is 1. The summed E-state index contributed by atoms with van der Waals surface area (Å²) in [6.07, 6.45) is 0.880. The van der Waals surface area contributed by atoms with Crippen molar-refractivity contribution in [3.05, 3.63) is 35.8 Å². The number of carbonyl (C=O) groups is 1. The predicted molar refractivity (Wildman–Crippen MR) is 98.1 cm³/mol. The summed E-state index contributed by atoms with van der Waals surface area (Å²) in [6, 6.07) is 7.17. The zero-order valence-corrected chi connectivity index (χ0v) is 15.2. The second-order valence-corrected chi connectivity index (χ2v) is 6.29. The number of anilines is 2. The third-order valence-electron chi connectivity index (χ3n) is 3.78. The number of benzene rings is 1. The molecule has 8 nitrogen and oxygen atoms in total. The van der Waals surface area contributed by atoms with E-state index in [2.05, 4.69) is 25.5 Å². The molecule has 1 aliphatic heterocycles. The molecule has 138 valence electrons. The minimum Gasteiger partial charge on any atom is -0.454 e. The van der Waals surface area contributed by atoms with Crippen molar-refractivity contribution < 1.29 is 14.3 Å². The average molecular weight is 357 g/mol. The lowest BCUT2D eigenvalue weighted by atomic mass is 10.2. The topological polar surface area (TPSA) is 88.6 Å². The van der Waals surface area contributed by atoms with Gasteiger partial charge in [0.25, 0.3) is 5.91 Å². The summed E-state index contributed by atoms with van der Waals surface area (Å²) in [5.41, 5.74) is 1.13. The SMILES string of the molecule is Cc1nc(Nc2ccc3c(c2)OCO3)cc(C(=O)NCCCN(C)C)n1. The molecule has 26 heavy (non-hydrogen) atoms. The first-order valence-electron chi connectivity index (χ1n) is 8.46. The molecule has 1 aliphatic rings. The molecule has 1 aromatic heterocycles. The summed E-state index contributed by atoms with van der Waals surface area (Å²) in [7, 11) is 4.01. The summed E-state index contributed by atoms with van der Waals surface area (Å²) in [4.78, 5) is 23.0. The van der Waals surface area contributed by atoms with E-state index in [1.807, 2.05) is 32.3 Å². The molecule has 0 saturated carbocycles. The van der Waals surface area contributed by atoms with Gasteiger partial charge in [-0.2, -0.15) is 0 Å². The van der Waals surface area contributed by atoms with Gasteiger partial charge in [-0.25, -0.2) is 9.97 Å². The largest absolute Gasteiger partial charge is 0.454 e. The number of rotatable bonds is 7. The second-order valence-electron chi connectivity index (χ2n) is 6.29. The van der Waals surface area contributed by atoms with Crippen LogP contribution in [0.1, 0.15) is 22.7 Å². The van der Waals surface area contributed by atoms with Gasteiger partial charge in [0.15, 0.2) is 11.5 Å². The van der Waals surface area contributed by atoms with Crippen LogP contribution in [0.5, 0.6) is 11.5 Å². The van der Waals surface area contributed by atoms with Gasteiger partial charge in [0.05, 0.1) is 0 Å². The Bertz CT molecular complexity index is 794. The highest BCUT2D eigenvalue weighted by atomic mass is 16.7. The van der Waals surface area contributed by atoms with Crippen LogP contribution in [0.15, 0.2) is 24.3 Å². The van der Waals surface area contributed by atoms with E-state index < -0.39 is 0 Å². The fourth-order valence-electron chi connectivity index (χ4n) is 2.56. The predicted octanol–water partition coefficient (Wildman–Crippen LogP) is 1.94. The molecule has 0 aliphatic carbocycles. The molecule has 0 unspecified atom stereocenters. The van der Waals surface area contributed by atoms with Crippen LogP contribution in [0.4, 0.5) is 11.5 Å². The van der Waals surface area contributed by atoms with Crippen molar-refractivity contribution in [2.24, 2.45) is 0 Å². The van der Waals surface area contributed by atoms with Gasteiger partial charge in [0.2, 0.25) is 6.79 Å². The maximum atomic E-state index is 12.3. The Balaban J connectivity index is 1.66. The number of carbonyl (C=O) groups excluding carboxylic acids is 1. The second kappa shape index (κ2) is 8.01. The molecule has 0 spiro atoms. The number of ether oxygens (including phenoxy) is 2. The van der Waals surface area contributed by atoms with Crippen LogP contribution in [-0.4, -0.2) is 54.8 Å². The first kappa shape index (κ1) is 17.9. The van der Waals surface area contributed by atoms with Gasteiger partial charge in [-0.3, -0.25) is 4.79 Å². The highest BCUT2D eigenvalue weighted by molar-refractivity contribution is 5.93. The molecule has 0 fully saturated rings. The van der Waals surface area contributed by atoms with Crippen LogP contribution < -0.4 is 20.1 Å². The van der Waals surface area contributed by atoms with Crippen molar-refractivity contribution in [3.63, 3.8) is 0 Å². The first-order valence-corrected chi connectivity index (χ1v) is 8.46. The van der Waals surface area contributed by atoms with E-state index in [0.29, 0.717) is 35.4 Å². The Hall–Kier alpha value is -2.87. The fraction of sp³-hybridized carbons (Fsp3) is 0.389.